The number of halogens is 1. The SMILES string of the molecule is CCC(C)SCC(O)c1c(Br)cnn1CCOC. The molecule has 0 aliphatic carbocycles. The summed E-state index contributed by atoms with van der Waals surface area (Å²) in [5, 5.41) is 15.1. The maximum absolute atomic E-state index is 10.3. The molecule has 0 saturated heterocycles. The first kappa shape index (κ1) is 16.0. The van der Waals surface area contributed by atoms with Crippen LogP contribution in [0.2, 0.25) is 0 Å². The van der Waals surface area contributed by atoms with Crippen LogP contribution >= 0.6 is 27.7 Å². The lowest BCUT2D eigenvalue weighted by molar-refractivity contribution is 0.166. The first-order valence-corrected chi connectivity index (χ1v) is 7.94. The fraction of sp³-hybridized carbons (Fsp3) is 0.750. The van der Waals surface area contributed by atoms with E-state index < -0.39 is 6.10 Å². The van der Waals surface area contributed by atoms with E-state index >= 15 is 0 Å². The predicted octanol–water partition coefficient (Wildman–Crippen LogP) is 2.86. The Balaban J connectivity index is 2.65. The summed E-state index contributed by atoms with van der Waals surface area (Å²) in [6, 6.07) is 0. The molecule has 1 rings (SSSR count). The highest BCUT2D eigenvalue weighted by molar-refractivity contribution is 9.10. The maximum atomic E-state index is 10.3. The molecule has 0 aliphatic heterocycles. The molecule has 0 aromatic carbocycles. The molecule has 0 bridgehead atoms. The van der Waals surface area contributed by atoms with Gasteiger partial charge in [-0.3, -0.25) is 4.68 Å². The Kier molecular flexibility index (Phi) is 7.29. The molecule has 1 aromatic heterocycles. The van der Waals surface area contributed by atoms with Crippen molar-refractivity contribution >= 4 is 27.7 Å². The highest BCUT2D eigenvalue weighted by atomic mass is 79.9. The minimum atomic E-state index is -0.502. The van der Waals surface area contributed by atoms with Gasteiger partial charge in [-0.1, -0.05) is 13.8 Å². The maximum Gasteiger partial charge on any atom is 0.106 e. The zero-order valence-electron chi connectivity index (χ0n) is 11.1. The molecule has 2 atom stereocenters. The van der Waals surface area contributed by atoms with Crippen LogP contribution in [0.3, 0.4) is 0 Å². The van der Waals surface area contributed by atoms with Crippen LogP contribution in [0.25, 0.3) is 0 Å². The molecule has 0 aliphatic rings. The largest absolute Gasteiger partial charge is 0.386 e. The van der Waals surface area contributed by atoms with Crippen LogP contribution < -0.4 is 0 Å². The van der Waals surface area contributed by atoms with E-state index in [0.29, 0.717) is 24.2 Å². The van der Waals surface area contributed by atoms with Crippen LogP contribution in [0.5, 0.6) is 0 Å². The Morgan fingerprint density at radius 3 is 2.94 bits per heavy atom. The van der Waals surface area contributed by atoms with Gasteiger partial charge in [-0.15, -0.1) is 0 Å². The number of aliphatic hydroxyl groups is 1. The topological polar surface area (TPSA) is 47.3 Å². The fourth-order valence-corrected chi connectivity index (χ4v) is 2.98. The summed E-state index contributed by atoms with van der Waals surface area (Å²) < 4.78 is 7.70. The van der Waals surface area contributed by atoms with E-state index in [-0.39, 0.29) is 0 Å². The molecular formula is C12H21BrN2O2S. The third-order valence-electron chi connectivity index (χ3n) is 2.77. The molecule has 1 heterocycles. The van der Waals surface area contributed by atoms with Crippen molar-refractivity contribution in [3.63, 3.8) is 0 Å². The highest BCUT2D eigenvalue weighted by Crippen LogP contribution is 2.27. The van der Waals surface area contributed by atoms with Crippen LogP contribution in [0.4, 0.5) is 0 Å². The molecule has 0 saturated carbocycles. The summed E-state index contributed by atoms with van der Waals surface area (Å²) in [6.07, 6.45) is 2.33. The number of aromatic nitrogens is 2. The second kappa shape index (κ2) is 8.19. The van der Waals surface area contributed by atoms with E-state index in [0.717, 1.165) is 16.6 Å². The smallest absolute Gasteiger partial charge is 0.106 e. The average Bonchev–Trinajstić information content (AvgIpc) is 2.74. The van der Waals surface area contributed by atoms with Gasteiger partial charge in [0.1, 0.15) is 6.10 Å². The predicted molar refractivity (Wildman–Crippen MR) is 79.0 cm³/mol. The fourth-order valence-electron chi connectivity index (χ4n) is 1.51. The number of methoxy groups -OCH3 is 1. The molecule has 4 nitrogen and oxygen atoms in total. The molecule has 18 heavy (non-hydrogen) atoms. The van der Waals surface area contributed by atoms with E-state index in [9.17, 15) is 5.11 Å². The van der Waals surface area contributed by atoms with Gasteiger partial charge < -0.3 is 9.84 Å². The second-order valence-corrected chi connectivity index (χ2v) is 6.49. The molecule has 2 unspecified atom stereocenters. The first-order valence-electron chi connectivity index (χ1n) is 6.09. The van der Waals surface area contributed by atoms with E-state index in [1.54, 1.807) is 29.8 Å². The molecule has 0 spiro atoms. The Hall–Kier alpha value is -0.0400. The van der Waals surface area contributed by atoms with Crippen LogP contribution in [0.1, 0.15) is 32.1 Å². The molecule has 1 N–H and O–H groups in total. The molecule has 104 valence electrons. The summed E-state index contributed by atoms with van der Waals surface area (Å²) in [4.78, 5) is 0. The molecular weight excluding hydrogens is 316 g/mol. The van der Waals surface area contributed by atoms with Crippen molar-refractivity contribution in [2.75, 3.05) is 19.5 Å². The van der Waals surface area contributed by atoms with Gasteiger partial charge >= 0.3 is 0 Å². The minimum Gasteiger partial charge on any atom is -0.386 e. The van der Waals surface area contributed by atoms with Crippen molar-refractivity contribution in [3.8, 4) is 0 Å². The first-order chi connectivity index (χ1) is 8.60. The second-order valence-electron chi connectivity index (χ2n) is 4.16. The van der Waals surface area contributed by atoms with E-state index in [2.05, 4.69) is 34.9 Å². The van der Waals surface area contributed by atoms with Gasteiger partial charge in [-0.05, 0) is 22.4 Å². The number of aliphatic hydroxyl groups excluding tert-OH is 1. The molecule has 0 amide bonds. The lowest BCUT2D eigenvalue weighted by atomic mass is 10.3. The van der Waals surface area contributed by atoms with Crippen molar-refractivity contribution in [2.45, 2.75) is 38.2 Å². The van der Waals surface area contributed by atoms with E-state index in [1.165, 1.54) is 0 Å². The number of thioether (sulfide) groups is 1. The van der Waals surface area contributed by atoms with Gasteiger partial charge in [-0.25, -0.2) is 0 Å². The van der Waals surface area contributed by atoms with Crippen LogP contribution in [-0.4, -0.2) is 39.6 Å². The lowest BCUT2D eigenvalue weighted by Gasteiger charge is -2.16. The minimum absolute atomic E-state index is 0.502. The van der Waals surface area contributed by atoms with Crippen molar-refractivity contribution in [1.29, 1.82) is 0 Å². The number of ether oxygens (including phenoxy) is 1. The third kappa shape index (κ3) is 4.57. The van der Waals surface area contributed by atoms with Crippen molar-refractivity contribution in [1.82, 2.24) is 9.78 Å². The third-order valence-corrected chi connectivity index (χ3v) is 4.79. The zero-order valence-corrected chi connectivity index (χ0v) is 13.5. The van der Waals surface area contributed by atoms with Crippen LogP contribution in [-0.2, 0) is 11.3 Å². The van der Waals surface area contributed by atoms with Crippen LogP contribution in [0, 0.1) is 0 Å². The van der Waals surface area contributed by atoms with Crippen LogP contribution in [0.15, 0.2) is 10.7 Å². The summed E-state index contributed by atoms with van der Waals surface area (Å²) >= 11 is 5.22. The number of hydrogen-bond acceptors (Lipinski definition) is 4. The lowest BCUT2D eigenvalue weighted by Crippen LogP contribution is -2.15. The Bertz CT molecular complexity index is 360. The van der Waals surface area contributed by atoms with Crippen molar-refractivity contribution in [2.24, 2.45) is 0 Å². The molecule has 0 radical (unpaired) electrons. The number of rotatable bonds is 8. The van der Waals surface area contributed by atoms with Gasteiger partial charge in [-0.2, -0.15) is 16.9 Å². The molecule has 0 fully saturated rings. The Labute approximate surface area is 121 Å². The molecule has 6 heteroatoms. The summed E-state index contributed by atoms with van der Waals surface area (Å²) in [5.74, 6) is 0.687. The standard InChI is InChI=1S/C12H21BrN2O2S/c1-4-9(2)18-8-11(16)12-10(13)7-14-15(12)5-6-17-3/h7,9,11,16H,4-6,8H2,1-3H3. The van der Waals surface area contributed by atoms with E-state index in [1.807, 2.05) is 0 Å². The van der Waals surface area contributed by atoms with Gasteiger partial charge in [0.25, 0.3) is 0 Å². The van der Waals surface area contributed by atoms with E-state index in [4.69, 9.17) is 4.74 Å². The summed E-state index contributed by atoms with van der Waals surface area (Å²) in [7, 11) is 1.66. The van der Waals surface area contributed by atoms with Gasteiger partial charge in [0, 0.05) is 18.1 Å². The van der Waals surface area contributed by atoms with Crippen molar-refractivity contribution < 1.29 is 9.84 Å². The zero-order chi connectivity index (χ0) is 13.5. The van der Waals surface area contributed by atoms with Crippen molar-refractivity contribution in [3.05, 3.63) is 16.4 Å². The van der Waals surface area contributed by atoms with Gasteiger partial charge in [0.15, 0.2) is 0 Å². The summed E-state index contributed by atoms with van der Waals surface area (Å²) in [5.41, 5.74) is 0.836. The number of hydrogen-bond donors (Lipinski definition) is 1. The number of nitrogens with zero attached hydrogens (tertiary/aromatic N) is 2. The molecule has 1 aromatic rings. The highest BCUT2D eigenvalue weighted by Gasteiger charge is 2.18. The quantitative estimate of drug-likeness (QED) is 0.792. The van der Waals surface area contributed by atoms with Gasteiger partial charge in [0.2, 0.25) is 0 Å². The normalized spacial score (nSPS) is 14.7. The Morgan fingerprint density at radius 1 is 1.61 bits per heavy atom. The van der Waals surface area contributed by atoms with Gasteiger partial charge in [0.05, 0.1) is 29.5 Å². The summed E-state index contributed by atoms with van der Waals surface area (Å²) in [6.45, 7) is 5.58. The Morgan fingerprint density at radius 2 is 2.33 bits per heavy atom. The average molecular weight is 337 g/mol. The monoisotopic (exact) mass is 336 g/mol.